The highest BCUT2D eigenvalue weighted by molar-refractivity contribution is 7.80. The molecule has 2 rings (SSSR count). The highest BCUT2D eigenvalue weighted by atomic mass is 32.1. The fourth-order valence-corrected chi connectivity index (χ4v) is 2.74. The Labute approximate surface area is 108 Å². The minimum absolute atomic E-state index is 0.359. The van der Waals surface area contributed by atoms with Gasteiger partial charge in [-0.3, -0.25) is 0 Å². The van der Waals surface area contributed by atoms with Crippen LogP contribution in [0.2, 0.25) is 0 Å². The molecule has 0 spiro atoms. The van der Waals surface area contributed by atoms with Crippen molar-refractivity contribution in [3.63, 3.8) is 0 Å². The monoisotopic (exact) mass is 252 g/mol. The summed E-state index contributed by atoms with van der Waals surface area (Å²) in [5, 5.41) is 0. The molecule has 0 aliphatic heterocycles. The van der Waals surface area contributed by atoms with E-state index in [1.807, 2.05) is 13.0 Å². The van der Waals surface area contributed by atoms with E-state index in [-0.39, 0.29) is 0 Å². The van der Waals surface area contributed by atoms with E-state index in [4.69, 9.17) is 22.4 Å². The third-order valence-corrected chi connectivity index (χ3v) is 3.66. The van der Waals surface area contributed by atoms with Crippen molar-refractivity contribution in [3.8, 4) is 0 Å². The van der Waals surface area contributed by atoms with Gasteiger partial charge < -0.3 is 15.1 Å². The summed E-state index contributed by atoms with van der Waals surface area (Å²) in [6, 6.07) is 2.04. The lowest BCUT2D eigenvalue weighted by molar-refractivity contribution is 0.258. The summed E-state index contributed by atoms with van der Waals surface area (Å²) >= 11 is 5.02. The largest absolute Gasteiger partial charge is 0.469 e. The van der Waals surface area contributed by atoms with Gasteiger partial charge in [0.15, 0.2) is 0 Å². The molecular formula is C13H20N2OS. The number of nitrogens with zero attached hydrogens (tertiary/aromatic N) is 1. The van der Waals surface area contributed by atoms with E-state index in [0.29, 0.717) is 10.4 Å². The third-order valence-electron chi connectivity index (χ3n) is 3.52. The highest BCUT2D eigenvalue weighted by Crippen LogP contribution is 2.49. The fraction of sp³-hybridized carbons (Fsp3) is 0.615. The van der Waals surface area contributed by atoms with Crippen molar-refractivity contribution in [1.29, 1.82) is 0 Å². The van der Waals surface area contributed by atoms with E-state index in [0.717, 1.165) is 25.3 Å². The molecule has 0 saturated heterocycles. The molecule has 17 heavy (non-hydrogen) atoms. The van der Waals surface area contributed by atoms with Crippen LogP contribution in [0.15, 0.2) is 16.7 Å². The Morgan fingerprint density at radius 3 is 2.76 bits per heavy atom. The minimum atomic E-state index is 0.359. The fourth-order valence-electron chi connectivity index (χ4n) is 2.43. The number of nitrogens with two attached hydrogens (primary N) is 1. The maximum Gasteiger partial charge on any atom is 0.105 e. The van der Waals surface area contributed by atoms with E-state index >= 15 is 0 Å². The average Bonchev–Trinajstić information content (AvgIpc) is 2.82. The van der Waals surface area contributed by atoms with E-state index in [1.54, 1.807) is 6.26 Å². The van der Waals surface area contributed by atoms with E-state index < -0.39 is 0 Å². The van der Waals surface area contributed by atoms with Crippen molar-refractivity contribution in [3.05, 3.63) is 23.7 Å². The molecule has 1 fully saturated rings. The molecule has 4 heteroatoms. The Morgan fingerprint density at radius 1 is 1.59 bits per heavy atom. The first-order valence-electron chi connectivity index (χ1n) is 6.01. The molecule has 0 amide bonds. The number of thiocarbonyl (C=S) groups is 1. The van der Waals surface area contributed by atoms with Crippen LogP contribution in [0.4, 0.5) is 0 Å². The topological polar surface area (TPSA) is 42.4 Å². The number of hydrogen-bond donors (Lipinski definition) is 1. The van der Waals surface area contributed by atoms with Crippen LogP contribution < -0.4 is 5.73 Å². The van der Waals surface area contributed by atoms with Gasteiger partial charge in [-0.1, -0.05) is 12.2 Å². The van der Waals surface area contributed by atoms with Crippen LogP contribution in [0.25, 0.3) is 0 Å². The SMILES string of the molecule is Cc1occc1CN(C)CC1(CC(N)=S)CC1. The van der Waals surface area contributed by atoms with Crippen molar-refractivity contribution in [2.75, 3.05) is 13.6 Å². The zero-order chi connectivity index (χ0) is 12.5. The minimum Gasteiger partial charge on any atom is -0.469 e. The van der Waals surface area contributed by atoms with Crippen LogP contribution in [-0.2, 0) is 6.54 Å². The molecular weight excluding hydrogens is 232 g/mol. The lowest BCUT2D eigenvalue weighted by Gasteiger charge is -2.23. The molecule has 0 aromatic carbocycles. The summed E-state index contributed by atoms with van der Waals surface area (Å²) in [4.78, 5) is 2.98. The zero-order valence-corrected chi connectivity index (χ0v) is 11.3. The van der Waals surface area contributed by atoms with Gasteiger partial charge in [0, 0.05) is 25.1 Å². The molecule has 1 aromatic rings. The predicted molar refractivity (Wildman–Crippen MR) is 72.8 cm³/mol. The molecule has 2 N–H and O–H groups in total. The lowest BCUT2D eigenvalue weighted by atomic mass is 10.0. The van der Waals surface area contributed by atoms with Crippen LogP contribution in [0.1, 0.15) is 30.6 Å². The zero-order valence-electron chi connectivity index (χ0n) is 10.5. The second-order valence-electron chi connectivity index (χ2n) is 5.32. The summed E-state index contributed by atoms with van der Waals surface area (Å²) < 4.78 is 5.31. The van der Waals surface area contributed by atoms with Gasteiger partial charge in [-0.25, -0.2) is 0 Å². The van der Waals surface area contributed by atoms with Gasteiger partial charge in [0.05, 0.1) is 11.3 Å². The third kappa shape index (κ3) is 3.30. The van der Waals surface area contributed by atoms with Crippen LogP contribution in [0, 0.1) is 12.3 Å². The Morgan fingerprint density at radius 2 is 2.29 bits per heavy atom. The highest BCUT2D eigenvalue weighted by Gasteiger charge is 2.43. The van der Waals surface area contributed by atoms with Crippen molar-refractivity contribution in [2.24, 2.45) is 11.1 Å². The van der Waals surface area contributed by atoms with Crippen LogP contribution in [0.3, 0.4) is 0 Å². The average molecular weight is 252 g/mol. The van der Waals surface area contributed by atoms with Gasteiger partial charge in [-0.05, 0) is 38.3 Å². The summed E-state index contributed by atoms with van der Waals surface area (Å²) in [5.74, 6) is 1.01. The van der Waals surface area contributed by atoms with Crippen molar-refractivity contribution >= 4 is 17.2 Å². The molecule has 0 radical (unpaired) electrons. The standard InChI is InChI=1S/C13H20N2OS/c1-10-11(3-6-16-10)8-15(2)9-13(4-5-13)7-12(14)17/h3,6H,4-5,7-9H2,1-2H3,(H2,14,17). The van der Waals surface area contributed by atoms with E-state index in [1.165, 1.54) is 18.4 Å². The summed E-state index contributed by atoms with van der Waals surface area (Å²) in [6.07, 6.45) is 5.13. The molecule has 3 nitrogen and oxygen atoms in total. The van der Waals surface area contributed by atoms with Crippen molar-refractivity contribution in [1.82, 2.24) is 4.90 Å². The first-order valence-corrected chi connectivity index (χ1v) is 6.41. The van der Waals surface area contributed by atoms with Crippen LogP contribution in [-0.4, -0.2) is 23.5 Å². The van der Waals surface area contributed by atoms with Gasteiger partial charge in [0.25, 0.3) is 0 Å². The maximum absolute atomic E-state index is 5.65. The molecule has 1 aliphatic carbocycles. The second kappa shape index (κ2) is 4.78. The molecule has 1 aromatic heterocycles. The Hall–Kier alpha value is -0.870. The molecule has 1 heterocycles. The first-order chi connectivity index (χ1) is 8.01. The molecule has 0 bridgehead atoms. The number of aryl methyl sites for hydroxylation is 1. The van der Waals surface area contributed by atoms with E-state index in [2.05, 4.69) is 11.9 Å². The first kappa shape index (κ1) is 12.6. The van der Waals surface area contributed by atoms with Crippen LogP contribution >= 0.6 is 12.2 Å². The van der Waals surface area contributed by atoms with Crippen LogP contribution in [0.5, 0.6) is 0 Å². The van der Waals surface area contributed by atoms with Gasteiger partial charge in [0.1, 0.15) is 5.76 Å². The summed E-state index contributed by atoms with van der Waals surface area (Å²) in [6.45, 7) is 4.00. The smallest absolute Gasteiger partial charge is 0.105 e. The van der Waals surface area contributed by atoms with Crippen molar-refractivity contribution in [2.45, 2.75) is 32.7 Å². The van der Waals surface area contributed by atoms with Gasteiger partial charge >= 0.3 is 0 Å². The molecule has 1 aliphatic rings. The van der Waals surface area contributed by atoms with E-state index in [9.17, 15) is 0 Å². The van der Waals surface area contributed by atoms with Gasteiger partial charge in [0.2, 0.25) is 0 Å². The van der Waals surface area contributed by atoms with Gasteiger partial charge in [-0.15, -0.1) is 0 Å². The summed E-state index contributed by atoms with van der Waals surface area (Å²) in [5.41, 5.74) is 7.27. The Balaban J connectivity index is 1.87. The maximum atomic E-state index is 5.65. The molecule has 0 unspecified atom stereocenters. The Bertz CT molecular complexity index is 409. The number of rotatable bonds is 6. The number of furan rings is 1. The molecule has 1 saturated carbocycles. The van der Waals surface area contributed by atoms with Gasteiger partial charge in [-0.2, -0.15) is 0 Å². The number of hydrogen-bond acceptors (Lipinski definition) is 3. The normalized spacial score (nSPS) is 17.4. The molecule has 0 atom stereocenters. The second-order valence-corrected chi connectivity index (χ2v) is 5.84. The molecule has 94 valence electrons. The summed E-state index contributed by atoms with van der Waals surface area (Å²) in [7, 11) is 2.14. The quantitative estimate of drug-likeness (QED) is 0.790. The lowest BCUT2D eigenvalue weighted by Crippen LogP contribution is -2.29. The van der Waals surface area contributed by atoms with Crippen molar-refractivity contribution < 1.29 is 4.42 Å². The predicted octanol–water partition coefficient (Wildman–Crippen LogP) is 2.48. The Kier molecular flexibility index (Phi) is 3.54.